The topological polar surface area (TPSA) is 61.4 Å². The standard InChI is InChI=1S/C10H23N3O2S/c1-4-11-16(14,15)12-9-10(2,3)13-7-5-6-8-13/h11-12H,4-9H2,1-3H3. The van der Waals surface area contributed by atoms with E-state index in [2.05, 4.69) is 28.2 Å². The highest BCUT2D eigenvalue weighted by molar-refractivity contribution is 7.87. The summed E-state index contributed by atoms with van der Waals surface area (Å²) in [4.78, 5) is 2.33. The predicted octanol–water partition coefficient (Wildman–Crippen LogP) is 0.305. The van der Waals surface area contributed by atoms with Gasteiger partial charge in [-0.25, -0.2) is 9.44 Å². The Morgan fingerprint density at radius 2 is 1.75 bits per heavy atom. The number of likely N-dealkylation sites (tertiary alicyclic amines) is 1. The highest BCUT2D eigenvalue weighted by Crippen LogP contribution is 2.20. The summed E-state index contributed by atoms with van der Waals surface area (Å²) in [5, 5.41) is 0. The Morgan fingerprint density at radius 1 is 1.19 bits per heavy atom. The van der Waals surface area contributed by atoms with Gasteiger partial charge >= 0.3 is 0 Å². The van der Waals surface area contributed by atoms with E-state index in [-0.39, 0.29) is 5.54 Å². The molecule has 0 atom stereocenters. The van der Waals surface area contributed by atoms with E-state index in [9.17, 15) is 8.42 Å². The van der Waals surface area contributed by atoms with Crippen molar-refractivity contribution < 1.29 is 8.42 Å². The van der Waals surface area contributed by atoms with Crippen LogP contribution in [0.15, 0.2) is 0 Å². The minimum Gasteiger partial charge on any atom is -0.297 e. The third kappa shape index (κ3) is 4.01. The lowest BCUT2D eigenvalue weighted by Crippen LogP contribution is -2.52. The maximum Gasteiger partial charge on any atom is 0.276 e. The molecule has 16 heavy (non-hydrogen) atoms. The van der Waals surface area contributed by atoms with E-state index in [1.165, 1.54) is 12.8 Å². The molecule has 0 aromatic carbocycles. The van der Waals surface area contributed by atoms with Gasteiger partial charge in [-0.05, 0) is 39.8 Å². The van der Waals surface area contributed by atoms with Crippen LogP contribution in [0.1, 0.15) is 33.6 Å². The van der Waals surface area contributed by atoms with Crippen LogP contribution in [0, 0.1) is 0 Å². The van der Waals surface area contributed by atoms with Gasteiger partial charge in [0.05, 0.1) is 0 Å². The highest BCUT2D eigenvalue weighted by atomic mass is 32.2. The summed E-state index contributed by atoms with van der Waals surface area (Å²) in [5.74, 6) is 0. The van der Waals surface area contributed by atoms with Crippen molar-refractivity contribution in [3.05, 3.63) is 0 Å². The number of nitrogens with zero attached hydrogens (tertiary/aromatic N) is 1. The Kier molecular flexibility index (Phi) is 4.73. The summed E-state index contributed by atoms with van der Waals surface area (Å²) < 4.78 is 27.9. The molecule has 0 aliphatic carbocycles. The third-order valence-electron chi connectivity index (χ3n) is 2.99. The van der Waals surface area contributed by atoms with Crippen LogP contribution in [0.5, 0.6) is 0 Å². The van der Waals surface area contributed by atoms with Crippen LogP contribution in [0.4, 0.5) is 0 Å². The zero-order chi connectivity index (χ0) is 12.2. The quantitative estimate of drug-likeness (QED) is 0.712. The van der Waals surface area contributed by atoms with E-state index in [1.54, 1.807) is 6.92 Å². The molecule has 0 aromatic rings. The molecule has 0 unspecified atom stereocenters. The van der Waals surface area contributed by atoms with E-state index in [4.69, 9.17) is 0 Å². The van der Waals surface area contributed by atoms with Gasteiger partial charge in [0, 0.05) is 18.6 Å². The first kappa shape index (κ1) is 13.9. The van der Waals surface area contributed by atoms with Gasteiger partial charge in [0.15, 0.2) is 0 Å². The van der Waals surface area contributed by atoms with Gasteiger partial charge < -0.3 is 0 Å². The Balaban J connectivity index is 2.46. The minimum absolute atomic E-state index is 0.112. The molecule has 1 fully saturated rings. The largest absolute Gasteiger partial charge is 0.297 e. The summed E-state index contributed by atoms with van der Waals surface area (Å²) in [6.07, 6.45) is 2.42. The van der Waals surface area contributed by atoms with Crippen LogP contribution in [0.25, 0.3) is 0 Å². The van der Waals surface area contributed by atoms with Crippen molar-refractivity contribution in [2.75, 3.05) is 26.2 Å². The van der Waals surface area contributed by atoms with E-state index < -0.39 is 10.2 Å². The highest BCUT2D eigenvalue weighted by Gasteiger charge is 2.29. The lowest BCUT2D eigenvalue weighted by molar-refractivity contribution is 0.158. The summed E-state index contributed by atoms with van der Waals surface area (Å²) in [6, 6.07) is 0. The van der Waals surface area contributed by atoms with Gasteiger partial charge in [0.1, 0.15) is 0 Å². The Bertz CT molecular complexity index is 308. The molecule has 1 saturated heterocycles. The number of nitrogens with one attached hydrogen (secondary N) is 2. The monoisotopic (exact) mass is 249 g/mol. The van der Waals surface area contributed by atoms with Crippen LogP contribution < -0.4 is 9.44 Å². The Labute approximate surface area is 98.8 Å². The van der Waals surface area contributed by atoms with Crippen LogP contribution in [-0.2, 0) is 10.2 Å². The molecule has 0 aromatic heterocycles. The van der Waals surface area contributed by atoms with Crippen LogP contribution in [-0.4, -0.2) is 45.0 Å². The fraction of sp³-hybridized carbons (Fsp3) is 1.00. The SMILES string of the molecule is CCNS(=O)(=O)NCC(C)(C)N1CCCC1. The molecule has 0 radical (unpaired) electrons. The van der Waals surface area contributed by atoms with Crippen LogP contribution in [0.2, 0.25) is 0 Å². The zero-order valence-electron chi connectivity index (χ0n) is 10.4. The summed E-state index contributed by atoms with van der Waals surface area (Å²) in [5.41, 5.74) is -0.112. The average molecular weight is 249 g/mol. The van der Waals surface area contributed by atoms with E-state index in [0.29, 0.717) is 13.1 Å². The number of rotatable bonds is 6. The van der Waals surface area contributed by atoms with Gasteiger partial charge in [0.25, 0.3) is 10.2 Å². The van der Waals surface area contributed by atoms with Crippen molar-refractivity contribution >= 4 is 10.2 Å². The molecule has 0 amide bonds. The Hall–Kier alpha value is -0.170. The molecule has 96 valence electrons. The molecule has 0 bridgehead atoms. The molecule has 1 heterocycles. The third-order valence-corrected chi connectivity index (χ3v) is 4.18. The molecular weight excluding hydrogens is 226 g/mol. The fourth-order valence-corrected chi connectivity index (χ4v) is 2.97. The molecular formula is C10H23N3O2S. The smallest absolute Gasteiger partial charge is 0.276 e. The Morgan fingerprint density at radius 3 is 2.25 bits per heavy atom. The van der Waals surface area contributed by atoms with Gasteiger partial charge in [-0.1, -0.05) is 6.92 Å². The number of hydrogen-bond acceptors (Lipinski definition) is 3. The van der Waals surface area contributed by atoms with Gasteiger partial charge in [-0.3, -0.25) is 4.90 Å². The molecule has 2 N–H and O–H groups in total. The molecule has 1 aliphatic heterocycles. The van der Waals surface area contributed by atoms with Crippen molar-refractivity contribution in [1.29, 1.82) is 0 Å². The minimum atomic E-state index is -3.32. The van der Waals surface area contributed by atoms with E-state index >= 15 is 0 Å². The summed E-state index contributed by atoms with van der Waals surface area (Å²) in [7, 11) is -3.32. The lowest BCUT2D eigenvalue weighted by Gasteiger charge is -2.35. The van der Waals surface area contributed by atoms with Crippen molar-refractivity contribution in [1.82, 2.24) is 14.3 Å². The first-order valence-corrected chi connectivity index (χ1v) is 7.35. The number of hydrogen-bond donors (Lipinski definition) is 2. The van der Waals surface area contributed by atoms with Gasteiger partial charge in [-0.15, -0.1) is 0 Å². The van der Waals surface area contributed by atoms with Gasteiger partial charge in [0.2, 0.25) is 0 Å². The molecule has 0 spiro atoms. The van der Waals surface area contributed by atoms with Crippen molar-refractivity contribution in [2.24, 2.45) is 0 Å². The van der Waals surface area contributed by atoms with E-state index in [0.717, 1.165) is 13.1 Å². The first-order valence-electron chi connectivity index (χ1n) is 5.87. The van der Waals surface area contributed by atoms with Crippen molar-refractivity contribution in [3.63, 3.8) is 0 Å². The fourth-order valence-electron chi connectivity index (χ4n) is 1.95. The maximum atomic E-state index is 11.5. The van der Waals surface area contributed by atoms with Crippen LogP contribution in [0.3, 0.4) is 0 Å². The lowest BCUT2D eigenvalue weighted by atomic mass is 10.0. The normalized spacial score (nSPS) is 19.2. The molecule has 0 saturated carbocycles. The first-order chi connectivity index (χ1) is 7.37. The molecule has 1 aliphatic rings. The molecule has 6 heteroatoms. The maximum absolute atomic E-state index is 11.5. The average Bonchev–Trinajstić information content (AvgIpc) is 2.68. The predicted molar refractivity (Wildman–Crippen MR) is 65.5 cm³/mol. The van der Waals surface area contributed by atoms with Gasteiger partial charge in [-0.2, -0.15) is 8.42 Å². The zero-order valence-corrected chi connectivity index (χ0v) is 11.2. The second-order valence-corrected chi connectivity index (χ2v) is 6.41. The molecule has 5 nitrogen and oxygen atoms in total. The van der Waals surface area contributed by atoms with Crippen molar-refractivity contribution in [2.45, 2.75) is 39.2 Å². The van der Waals surface area contributed by atoms with E-state index in [1.807, 2.05) is 0 Å². The van der Waals surface area contributed by atoms with Crippen LogP contribution >= 0.6 is 0 Å². The second-order valence-electron chi connectivity index (χ2n) is 4.83. The summed E-state index contributed by atoms with van der Waals surface area (Å²) >= 11 is 0. The van der Waals surface area contributed by atoms with Crippen molar-refractivity contribution in [3.8, 4) is 0 Å². The summed E-state index contributed by atoms with van der Waals surface area (Å²) in [6.45, 7) is 8.91. The second kappa shape index (κ2) is 5.44. The molecule has 1 rings (SSSR count).